The Bertz CT molecular complexity index is 1150. The summed E-state index contributed by atoms with van der Waals surface area (Å²) in [5, 5.41) is 18.2. The summed E-state index contributed by atoms with van der Waals surface area (Å²) in [6, 6.07) is 12.1. The summed E-state index contributed by atoms with van der Waals surface area (Å²) in [5.41, 5.74) is 1.45. The summed E-state index contributed by atoms with van der Waals surface area (Å²) in [4.78, 5) is 55.1. The molecule has 0 aliphatic carbocycles. The van der Waals surface area contributed by atoms with Crippen molar-refractivity contribution in [3.63, 3.8) is 0 Å². The molecule has 0 bridgehead atoms. The van der Waals surface area contributed by atoms with Crippen molar-refractivity contribution in [2.45, 2.75) is 58.2 Å². The molecule has 38 heavy (non-hydrogen) atoms. The van der Waals surface area contributed by atoms with Crippen LogP contribution in [-0.4, -0.2) is 71.6 Å². The van der Waals surface area contributed by atoms with Crippen molar-refractivity contribution in [3.05, 3.63) is 54.2 Å². The number of aliphatic hydroxyl groups is 1. The van der Waals surface area contributed by atoms with Crippen molar-refractivity contribution in [1.82, 2.24) is 20.9 Å². The summed E-state index contributed by atoms with van der Waals surface area (Å²) in [5.74, 6) is -3.59. The summed E-state index contributed by atoms with van der Waals surface area (Å²) >= 11 is 0. The molecule has 3 rings (SSSR count). The Labute approximate surface area is 221 Å². The summed E-state index contributed by atoms with van der Waals surface area (Å²) in [7, 11) is -1.37. The minimum atomic E-state index is -1.37. The molecule has 1 fully saturated rings. The minimum absolute atomic E-state index is 0.0169. The molecule has 1 aliphatic heterocycles. The molecule has 2 aromatic rings. The normalized spacial score (nSPS) is 18.4. The van der Waals surface area contributed by atoms with Gasteiger partial charge in [0.1, 0.15) is 17.8 Å². The topological polar surface area (TPSA) is 156 Å². The van der Waals surface area contributed by atoms with Crippen molar-refractivity contribution in [2.24, 2.45) is 5.92 Å². The van der Waals surface area contributed by atoms with Gasteiger partial charge < -0.3 is 25.0 Å². The molecule has 1 aliphatic rings. The molecule has 12 heteroatoms. The van der Waals surface area contributed by atoms with Gasteiger partial charge in [-0.15, -0.1) is 0 Å². The van der Waals surface area contributed by atoms with Crippen LogP contribution in [0.15, 0.2) is 48.5 Å². The molecule has 1 aromatic carbocycles. The van der Waals surface area contributed by atoms with Crippen LogP contribution in [0.4, 0.5) is 0 Å². The maximum Gasteiger partial charge on any atom is 0.622 e. The van der Waals surface area contributed by atoms with Crippen LogP contribution >= 0.6 is 0 Å². The third-order valence-electron chi connectivity index (χ3n) is 5.87. The van der Waals surface area contributed by atoms with E-state index in [1.807, 2.05) is 44.2 Å². The quantitative estimate of drug-likeness (QED) is 0.350. The lowest BCUT2D eigenvalue weighted by atomic mass is 9.73. The van der Waals surface area contributed by atoms with Gasteiger partial charge in [-0.1, -0.05) is 50.2 Å². The maximum atomic E-state index is 13.3. The Morgan fingerprint density at radius 2 is 1.79 bits per heavy atom. The first-order chi connectivity index (χ1) is 18.0. The van der Waals surface area contributed by atoms with Gasteiger partial charge in [-0.05, 0) is 38.3 Å². The Hall–Kier alpha value is -3.77. The third kappa shape index (κ3) is 7.86. The van der Waals surface area contributed by atoms with E-state index in [1.54, 1.807) is 19.1 Å². The molecule has 4 atom stereocenters. The summed E-state index contributed by atoms with van der Waals surface area (Å²) < 4.78 is 10.7. The van der Waals surface area contributed by atoms with Gasteiger partial charge >= 0.3 is 19.1 Å². The zero-order valence-electron chi connectivity index (χ0n) is 21.8. The number of carbonyl (C=O) groups is 4. The third-order valence-corrected chi connectivity index (χ3v) is 5.87. The van der Waals surface area contributed by atoms with Gasteiger partial charge in [0.05, 0.1) is 24.3 Å². The Kier molecular flexibility index (Phi) is 9.97. The number of aromatic nitrogens is 1. The number of carbonyl (C=O) groups excluding carboxylic acids is 4. The number of amides is 2. The Balaban J connectivity index is 1.77. The first kappa shape index (κ1) is 28.8. The highest BCUT2D eigenvalue weighted by molar-refractivity contribution is 6.51. The van der Waals surface area contributed by atoms with Gasteiger partial charge in [0.15, 0.2) is 0 Å². The van der Waals surface area contributed by atoms with Gasteiger partial charge in [0, 0.05) is 5.56 Å². The van der Waals surface area contributed by atoms with Crippen molar-refractivity contribution < 1.29 is 33.6 Å². The van der Waals surface area contributed by atoms with Crippen LogP contribution in [0.1, 0.15) is 44.6 Å². The predicted molar refractivity (Wildman–Crippen MR) is 139 cm³/mol. The van der Waals surface area contributed by atoms with Gasteiger partial charge in [-0.3, -0.25) is 24.5 Å². The number of nitrogens with one attached hydrogen (secondary N) is 3. The number of benzene rings is 1. The lowest BCUT2D eigenvalue weighted by Gasteiger charge is -2.29. The SMILES string of the molecule is CC(C)C[C@H](NC(=O)C(NC(=O)c1cccc(-c2ccccc2)n1)[C@@H](C)O)B1OC(=O)CN[C@@H](C)C(=O)O1. The zero-order chi connectivity index (χ0) is 27.8. The lowest BCUT2D eigenvalue weighted by Crippen LogP contribution is -2.60. The average Bonchev–Trinajstić information content (AvgIpc) is 2.88. The monoisotopic (exact) mass is 524 g/mol. The number of aliphatic hydroxyl groups excluding tert-OH is 1. The smallest absolute Gasteiger partial charge is 0.497 e. The molecule has 1 saturated heterocycles. The first-order valence-corrected chi connectivity index (χ1v) is 12.5. The Morgan fingerprint density at radius 1 is 1.08 bits per heavy atom. The Morgan fingerprint density at radius 3 is 2.45 bits per heavy atom. The molecule has 11 nitrogen and oxygen atoms in total. The van der Waals surface area contributed by atoms with E-state index in [2.05, 4.69) is 20.9 Å². The molecule has 0 saturated carbocycles. The predicted octanol–water partition coefficient (Wildman–Crippen LogP) is 0.864. The second kappa shape index (κ2) is 13.2. The van der Waals surface area contributed by atoms with Gasteiger partial charge in [0.2, 0.25) is 5.91 Å². The highest BCUT2D eigenvalue weighted by Gasteiger charge is 2.42. The molecular formula is C26H33BN4O7. The van der Waals surface area contributed by atoms with Crippen LogP contribution in [0.2, 0.25) is 0 Å². The minimum Gasteiger partial charge on any atom is -0.497 e. The number of nitrogens with zero attached hydrogens (tertiary/aromatic N) is 1. The van der Waals surface area contributed by atoms with Crippen LogP contribution in [-0.2, 0) is 23.7 Å². The molecule has 2 amide bonds. The number of pyridine rings is 1. The maximum absolute atomic E-state index is 13.3. The zero-order valence-corrected chi connectivity index (χ0v) is 21.8. The highest BCUT2D eigenvalue weighted by atomic mass is 16.6. The number of rotatable bonds is 9. The van der Waals surface area contributed by atoms with E-state index in [0.717, 1.165) is 5.56 Å². The lowest BCUT2D eigenvalue weighted by molar-refractivity contribution is -0.145. The van der Waals surface area contributed by atoms with E-state index in [9.17, 15) is 24.3 Å². The molecule has 2 heterocycles. The molecule has 4 N–H and O–H groups in total. The second-order valence-electron chi connectivity index (χ2n) is 9.61. The number of hydrogen-bond acceptors (Lipinski definition) is 9. The summed E-state index contributed by atoms with van der Waals surface area (Å²) in [6.45, 7) is 6.48. The van der Waals surface area contributed by atoms with Crippen LogP contribution in [0.25, 0.3) is 11.3 Å². The first-order valence-electron chi connectivity index (χ1n) is 12.5. The van der Waals surface area contributed by atoms with Gasteiger partial charge in [0.25, 0.3) is 5.91 Å². The van der Waals surface area contributed by atoms with Crippen molar-refractivity contribution in [2.75, 3.05) is 6.54 Å². The fraction of sp³-hybridized carbons (Fsp3) is 0.423. The highest BCUT2D eigenvalue weighted by Crippen LogP contribution is 2.17. The van der Waals surface area contributed by atoms with E-state index in [0.29, 0.717) is 12.1 Å². The van der Waals surface area contributed by atoms with E-state index in [-0.39, 0.29) is 18.2 Å². The van der Waals surface area contributed by atoms with E-state index in [1.165, 1.54) is 13.0 Å². The van der Waals surface area contributed by atoms with E-state index >= 15 is 0 Å². The molecular weight excluding hydrogens is 491 g/mol. The van der Waals surface area contributed by atoms with E-state index in [4.69, 9.17) is 9.31 Å². The fourth-order valence-electron chi connectivity index (χ4n) is 3.87. The van der Waals surface area contributed by atoms with E-state index < -0.39 is 55.0 Å². The van der Waals surface area contributed by atoms with Crippen molar-refractivity contribution >= 4 is 30.9 Å². The van der Waals surface area contributed by atoms with Gasteiger partial charge in [-0.25, -0.2) is 4.98 Å². The van der Waals surface area contributed by atoms with Crippen molar-refractivity contribution in [3.8, 4) is 11.3 Å². The second-order valence-corrected chi connectivity index (χ2v) is 9.61. The molecule has 0 radical (unpaired) electrons. The van der Waals surface area contributed by atoms with Crippen LogP contribution < -0.4 is 16.0 Å². The average molecular weight is 524 g/mol. The standard InChI is InChI=1S/C26H33BN4O7/c1-15(2)13-21(27-37-22(33)14-28-16(3)26(36)38-27)30-25(35)23(17(4)32)31-24(34)20-12-8-11-19(29-20)18-9-6-5-7-10-18/h5-12,15-17,21,23,28,32H,13-14H2,1-4H3,(H,30,35)(H,31,34)/t16-,17+,21-,23?/m0/s1. The van der Waals surface area contributed by atoms with Gasteiger partial charge in [-0.2, -0.15) is 0 Å². The molecule has 1 aromatic heterocycles. The van der Waals surface area contributed by atoms with Crippen molar-refractivity contribution in [1.29, 1.82) is 0 Å². The summed E-state index contributed by atoms with van der Waals surface area (Å²) in [6.07, 6.45) is -0.984. The van der Waals surface area contributed by atoms with Crippen LogP contribution in [0.3, 0.4) is 0 Å². The number of hydrogen-bond donors (Lipinski definition) is 4. The molecule has 0 spiro atoms. The molecule has 1 unspecified atom stereocenters. The molecule has 202 valence electrons. The van der Waals surface area contributed by atoms with Crippen LogP contribution in [0, 0.1) is 5.92 Å². The van der Waals surface area contributed by atoms with Crippen LogP contribution in [0.5, 0.6) is 0 Å². The largest absolute Gasteiger partial charge is 0.622 e. The fourth-order valence-corrected chi connectivity index (χ4v) is 3.87.